The molecule has 0 saturated carbocycles. The van der Waals surface area contributed by atoms with Crippen LogP contribution in [0.5, 0.6) is 0 Å². The molecule has 1 heterocycles. The zero-order valence-electron chi connectivity index (χ0n) is 27.2. The van der Waals surface area contributed by atoms with Gasteiger partial charge in [0.1, 0.15) is 18.2 Å². The Morgan fingerprint density at radius 3 is 2.52 bits per heavy atom. The predicted molar refractivity (Wildman–Crippen MR) is 185 cm³/mol. The molecule has 250 valence electrons. The van der Waals surface area contributed by atoms with E-state index < -0.39 is 29.0 Å². The highest BCUT2D eigenvalue weighted by atomic mass is 32.2. The summed E-state index contributed by atoms with van der Waals surface area (Å²) in [7, 11) is 1.31. The van der Waals surface area contributed by atoms with Gasteiger partial charge in [0.15, 0.2) is 0 Å². The van der Waals surface area contributed by atoms with Crippen molar-refractivity contribution in [1.82, 2.24) is 10.2 Å². The van der Waals surface area contributed by atoms with Crippen LogP contribution in [0.15, 0.2) is 61.2 Å². The van der Waals surface area contributed by atoms with Crippen molar-refractivity contribution in [2.24, 2.45) is 0 Å². The molecule has 2 N–H and O–H groups in total. The average molecular weight is 672 g/mol. The van der Waals surface area contributed by atoms with E-state index in [1.54, 1.807) is 22.7 Å². The summed E-state index contributed by atoms with van der Waals surface area (Å²) in [5, 5.41) is 5.68. The van der Waals surface area contributed by atoms with Crippen molar-refractivity contribution in [2.75, 3.05) is 44.1 Å². The van der Waals surface area contributed by atoms with Crippen LogP contribution in [0.1, 0.15) is 55.1 Å². The third-order valence-electron chi connectivity index (χ3n) is 7.12. The normalized spacial score (nSPS) is 16.7. The summed E-state index contributed by atoms with van der Waals surface area (Å²) in [5.41, 5.74) is 2.32. The van der Waals surface area contributed by atoms with Crippen LogP contribution in [0.2, 0.25) is 0 Å². The summed E-state index contributed by atoms with van der Waals surface area (Å²) in [6.45, 7) is 9.79. The second kappa shape index (κ2) is 17.9. The van der Waals surface area contributed by atoms with Crippen molar-refractivity contribution in [3.05, 3.63) is 77.9 Å². The Kier molecular flexibility index (Phi) is 14.3. The Morgan fingerprint density at radius 1 is 1.13 bits per heavy atom. The zero-order valence-corrected chi connectivity index (χ0v) is 28.8. The summed E-state index contributed by atoms with van der Waals surface area (Å²) >= 11 is 2.66. The molecule has 46 heavy (non-hydrogen) atoms. The van der Waals surface area contributed by atoms with E-state index in [9.17, 15) is 19.2 Å². The van der Waals surface area contributed by atoms with Gasteiger partial charge < -0.3 is 29.7 Å². The number of likely N-dealkylation sites (tertiary alicyclic amines) is 1. The number of methoxy groups -OCH3 is 1. The number of esters is 1. The second-order valence-corrected chi connectivity index (χ2v) is 14.1. The van der Waals surface area contributed by atoms with Crippen LogP contribution in [-0.2, 0) is 25.4 Å². The number of anilines is 1. The minimum atomic E-state index is -0.779. The molecule has 1 fully saturated rings. The fraction of sp³-hybridized carbons (Fsp3) is 0.471. The summed E-state index contributed by atoms with van der Waals surface area (Å²) in [4.78, 5) is 53.2. The van der Waals surface area contributed by atoms with Crippen LogP contribution in [0, 0.1) is 0 Å². The fourth-order valence-corrected chi connectivity index (χ4v) is 6.56. The summed E-state index contributed by atoms with van der Waals surface area (Å²) in [6, 6.07) is 14.3. The van der Waals surface area contributed by atoms with Gasteiger partial charge in [0.25, 0.3) is 5.91 Å². The molecule has 1 aliphatic heterocycles. The molecule has 0 spiro atoms. The van der Waals surface area contributed by atoms with Gasteiger partial charge in [0, 0.05) is 29.6 Å². The molecular weight excluding hydrogens is 627 g/mol. The molecule has 12 heteroatoms. The van der Waals surface area contributed by atoms with E-state index in [0.717, 1.165) is 22.9 Å². The maximum Gasteiger partial charge on any atom is 0.410 e. The summed E-state index contributed by atoms with van der Waals surface area (Å²) < 4.78 is 15.8. The van der Waals surface area contributed by atoms with Crippen LogP contribution in [-0.4, -0.2) is 89.9 Å². The van der Waals surface area contributed by atoms with Gasteiger partial charge in [0.2, 0.25) is 0 Å². The molecule has 3 rings (SSSR count). The third kappa shape index (κ3) is 11.6. The predicted octanol–water partition coefficient (Wildman–Crippen LogP) is 6.15. The SMILES string of the molecule is C=CCOC(=O)N1C[C@@H](SC(=O)OC(C)(C)C)C[C@H]1CNc1ccc(Cc2ccccc2)c(C(=O)N[C@@H](CCSC)C(=O)OC)c1. The molecule has 0 aromatic heterocycles. The number of hydrogen-bond donors (Lipinski definition) is 2. The lowest BCUT2D eigenvalue weighted by Gasteiger charge is -2.24. The van der Waals surface area contributed by atoms with Gasteiger partial charge in [-0.1, -0.05) is 49.1 Å². The third-order valence-corrected chi connectivity index (χ3v) is 8.72. The number of thioether (sulfide) groups is 2. The highest BCUT2D eigenvalue weighted by Gasteiger charge is 2.38. The number of carbonyl (C=O) groups is 4. The standard InChI is InChI=1S/C34H45N3O7S2/c1-7-16-43-32(40)37-22-27(46-33(41)44-34(2,3)4)20-26(37)21-35-25-14-13-24(18-23-11-9-8-10-12-23)28(19-25)30(38)36-29(15-17-45-6)31(39)42-5/h7-14,19,26-27,29,35H,1,15-18,20-22H2,2-6H3,(H,36,38)/t26-,27-,29-/m0/s1. The maximum absolute atomic E-state index is 13.7. The van der Waals surface area contributed by atoms with Gasteiger partial charge in [-0.15, -0.1) is 0 Å². The number of hydrogen-bond acceptors (Lipinski definition) is 10. The van der Waals surface area contributed by atoms with E-state index in [0.29, 0.717) is 49.4 Å². The van der Waals surface area contributed by atoms with Crippen LogP contribution in [0.4, 0.5) is 15.3 Å². The molecule has 0 bridgehead atoms. The molecule has 0 radical (unpaired) electrons. The number of nitrogens with zero attached hydrogens (tertiary/aromatic N) is 1. The molecule has 1 saturated heterocycles. The molecule has 2 aromatic rings. The molecule has 2 aromatic carbocycles. The van der Waals surface area contributed by atoms with E-state index in [1.807, 2.05) is 69.5 Å². The lowest BCUT2D eigenvalue weighted by atomic mass is 9.98. The van der Waals surface area contributed by atoms with Gasteiger partial charge in [-0.3, -0.25) is 4.79 Å². The number of rotatable bonds is 14. The van der Waals surface area contributed by atoms with Crippen molar-refractivity contribution in [1.29, 1.82) is 0 Å². The average Bonchev–Trinajstić information content (AvgIpc) is 3.42. The molecule has 2 amide bonds. The van der Waals surface area contributed by atoms with Crippen LogP contribution in [0.3, 0.4) is 0 Å². The minimum Gasteiger partial charge on any atom is -0.467 e. The van der Waals surface area contributed by atoms with Crippen molar-refractivity contribution in [2.45, 2.75) is 63.0 Å². The number of amides is 2. The first-order valence-corrected chi connectivity index (χ1v) is 17.4. The van der Waals surface area contributed by atoms with Crippen LogP contribution in [0.25, 0.3) is 0 Å². The molecule has 0 aliphatic carbocycles. The largest absolute Gasteiger partial charge is 0.467 e. The lowest BCUT2D eigenvalue weighted by molar-refractivity contribution is -0.142. The number of benzene rings is 2. The molecule has 1 aliphatic rings. The van der Waals surface area contributed by atoms with Crippen molar-refractivity contribution in [3.63, 3.8) is 0 Å². The second-order valence-electron chi connectivity index (χ2n) is 11.9. The van der Waals surface area contributed by atoms with E-state index in [4.69, 9.17) is 14.2 Å². The smallest absolute Gasteiger partial charge is 0.410 e. The molecule has 3 atom stereocenters. The Balaban J connectivity index is 1.82. The minimum absolute atomic E-state index is 0.0736. The summed E-state index contributed by atoms with van der Waals surface area (Å²) in [6.07, 6.45) is 4.45. The number of ether oxygens (including phenoxy) is 3. The van der Waals surface area contributed by atoms with Crippen LogP contribution >= 0.6 is 23.5 Å². The Morgan fingerprint density at radius 2 is 1.87 bits per heavy atom. The Bertz CT molecular complexity index is 1350. The lowest BCUT2D eigenvalue weighted by Crippen LogP contribution is -2.42. The molecular formula is C34H45N3O7S2. The highest BCUT2D eigenvalue weighted by molar-refractivity contribution is 8.13. The number of carbonyl (C=O) groups excluding carboxylic acids is 4. The van der Waals surface area contributed by atoms with Gasteiger partial charge in [-0.25, -0.2) is 14.4 Å². The monoisotopic (exact) mass is 671 g/mol. The van der Waals surface area contributed by atoms with Gasteiger partial charge in [-0.2, -0.15) is 11.8 Å². The van der Waals surface area contributed by atoms with Crippen molar-refractivity contribution < 1.29 is 33.4 Å². The Labute approximate surface area is 280 Å². The maximum atomic E-state index is 13.7. The van der Waals surface area contributed by atoms with Crippen LogP contribution < -0.4 is 10.6 Å². The fourth-order valence-electron chi connectivity index (χ4n) is 4.97. The first-order chi connectivity index (χ1) is 21.9. The zero-order chi connectivity index (χ0) is 33.7. The van der Waals surface area contributed by atoms with E-state index >= 15 is 0 Å². The first-order valence-electron chi connectivity index (χ1n) is 15.2. The molecule has 0 unspecified atom stereocenters. The van der Waals surface area contributed by atoms with Gasteiger partial charge in [0.05, 0.1) is 13.2 Å². The first kappa shape index (κ1) is 36.8. The highest BCUT2D eigenvalue weighted by Crippen LogP contribution is 2.31. The van der Waals surface area contributed by atoms with E-state index in [2.05, 4.69) is 17.2 Å². The van der Waals surface area contributed by atoms with Crippen molar-refractivity contribution >= 4 is 52.5 Å². The van der Waals surface area contributed by atoms with Gasteiger partial charge >= 0.3 is 17.4 Å². The van der Waals surface area contributed by atoms with Crippen molar-refractivity contribution in [3.8, 4) is 0 Å². The summed E-state index contributed by atoms with van der Waals surface area (Å²) in [5.74, 6) is -0.195. The Hall–Kier alpha value is -3.64. The topological polar surface area (TPSA) is 123 Å². The molecule has 10 nitrogen and oxygen atoms in total. The van der Waals surface area contributed by atoms with Gasteiger partial charge in [-0.05, 0) is 87.1 Å². The quantitative estimate of drug-likeness (QED) is 0.137. The van der Waals surface area contributed by atoms with E-state index in [-0.39, 0.29) is 23.8 Å². The van der Waals surface area contributed by atoms with E-state index in [1.165, 1.54) is 13.2 Å². The number of nitrogens with one attached hydrogen (secondary N) is 2.